The molecule has 0 fully saturated rings. The molecule has 0 bridgehead atoms. The molecule has 0 amide bonds. The van der Waals surface area contributed by atoms with E-state index in [0.29, 0.717) is 5.11 Å². The first-order valence-electron chi connectivity index (χ1n) is 4.04. The quantitative estimate of drug-likeness (QED) is 0.399. The molecule has 12 heavy (non-hydrogen) atoms. The van der Waals surface area contributed by atoms with E-state index in [1.54, 1.807) is 7.05 Å². The predicted octanol–water partition coefficient (Wildman–Crippen LogP) is 1.50. The summed E-state index contributed by atoms with van der Waals surface area (Å²) >= 11 is 4.84. The van der Waals surface area contributed by atoms with Gasteiger partial charge in [-0.1, -0.05) is 20.8 Å². The van der Waals surface area contributed by atoms with Gasteiger partial charge < -0.3 is 5.32 Å². The third kappa shape index (κ3) is 5.07. The predicted molar refractivity (Wildman–Crippen MR) is 57.4 cm³/mol. The lowest BCUT2D eigenvalue weighted by Crippen LogP contribution is -2.29. The maximum atomic E-state index is 4.84. The van der Waals surface area contributed by atoms with Crippen LogP contribution >= 0.6 is 12.2 Å². The van der Waals surface area contributed by atoms with Crippen LogP contribution in [0.2, 0.25) is 0 Å². The summed E-state index contributed by atoms with van der Waals surface area (Å²) in [5, 5.41) is 7.32. The Morgan fingerprint density at radius 3 is 2.58 bits per heavy atom. The van der Waals surface area contributed by atoms with Crippen LogP contribution in [0.1, 0.15) is 27.2 Å². The molecule has 0 aromatic rings. The fourth-order valence-electron chi connectivity index (χ4n) is 0.413. The highest BCUT2D eigenvalue weighted by Crippen LogP contribution is 2.15. The summed E-state index contributed by atoms with van der Waals surface area (Å²) in [6.45, 7) is 6.38. The molecule has 0 rings (SSSR count). The third-order valence-electron chi connectivity index (χ3n) is 1.72. The van der Waals surface area contributed by atoms with Crippen molar-refractivity contribution in [2.75, 3.05) is 7.05 Å². The summed E-state index contributed by atoms with van der Waals surface area (Å²) in [5.41, 5.74) is 2.85. The molecule has 3 nitrogen and oxygen atoms in total. The van der Waals surface area contributed by atoms with Crippen molar-refractivity contribution in [2.24, 2.45) is 10.5 Å². The molecule has 0 unspecified atom stereocenters. The van der Waals surface area contributed by atoms with E-state index in [1.165, 1.54) is 0 Å². The smallest absolute Gasteiger partial charge is 0.186 e. The molecule has 0 aliphatic rings. The average Bonchev–Trinajstić information content (AvgIpc) is 2.04. The zero-order valence-electron chi connectivity index (χ0n) is 8.14. The molecular formula is C8H17N3S. The normalized spacial score (nSPS) is 11.7. The summed E-state index contributed by atoms with van der Waals surface area (Å²) in [4.78, 5) is 0. The topological polar surface area (TPSA) is 36.4 Å². The van der Waals surface area contributed by atoms with Crippen LogP contribution in [0, 0.1) is 5.41 Å². The standard InChI is InChI=1S/C8H17N3S/c1-5-8(2,3)6-10-11-7(12)9-4/h6H,5H2,1-4H3,(H2,9,11,12)/b10-6+. The molecule has 0 saturated heterocycles. The van der Waals surface area contributed by atoms with Gasteiger partial charge in [-0.25, -0.2) is 0 Å². The zero-order valence-corrected chi connectivity index (χ0v) is 8.96. The van der Waals surface area contributed by atoms with Gasteiger partial charge in [-0.15, -0.1) is 0 Å². The maximum absolute atomic E-state index is 4.84. The van der Waals surface area contributed by atoms with E-state index in [1.807, 2.05) is 6.21 Å². The van der Waals surface area contributed by atoms with Gasteiger partial charge in [0.1, 0.15) is 0 Å². The second-order valence-electron chi connectivity index (χ2n) is 3.29. The van der Waals surface area contributed by atoms with Gasteiger partial charge in [-0.2, -0.15) is 5.10 Å². The minimum absolute atomic E-state index is 0.135. The van der Waals surface area contributed by atoms with E-state index < -0.39 is 0 Å². The van der Waals surface area contributed by atoms with Crippen LogP contribution in [0.4, 0.5) is 0 Å². The molecule has 0 saturated carbocycles. The minimum Gasteiger partial charge on any atom is -0.364 e. The van der Waals surface area contributed by atoms with Crippen LogP contribution in [0.25, 0.3) is 0 Å². The molecular weight excluding hydrogens is 170 g/mol. The number of nitrogens with zero attached hydrogens (tertiary/aromatic N) is 1. The Hall–Kier alpha value is -0.640. The largest absolute Gasteiger partial charge is 0.364 e. The van der Waals surface area contributed by atoms with E-state index in [4.69, 9.17) is 12.2 Å². The summed E-state index contributed by atoms with van der Waals surface area (Å²) in [7, 11) is 1.76. The van der Waals surface area contributed by atoms with E-state index in [0.717, 1.165) is 6.42 Å². The highest BCUT2D eigenvalue weighted by Gasteiger charge is 2.10. The van der Waals surface area contributed by atoms with Gasteiger partial charge in [-0.3, -0.25) is 5.43 Å². The van der Waals surface area contributed by atoms with Gasteiger partial charge in [0.05, 0.1) is 0 Å². The van der Waals surface area contributed by atoms with Gasteiger partial charge in [0, 0.05) is 18.7 Å². The summed E-state index contributed by atoms with van der Waals surface area (Å²) < 4.78 is 0. The second kappa shape index (κ2) is 5.09. The molecule has 0 atom stereocenters. The number of hydrogen-bond donors (Lipinski definition) is 2. The monoisotopic (exact) mass is 187 g/mol. The van der Waals surface area contributed by atoms with Gasteiger partial charge in [0.25, 0.3) is 0 Å². The van der Waals surface area contributed by atoms with E-state index in [9.17, 15) is 0 Å². The summed E-state index contributed by atoms with van der Waals surface area (Å²) in [5.74, 6) is 0. The van der Waals surface area contributed by atoms with Crippen LogP contribution in [0.15, 0.2) is 5.10 Å². The molecule has 0 aromatic heterocycles. The van der Waals surface area contributed by atoms with Gasteiger partial charge in [0.2, 0.25) is 0 Å². The van der Waals surface area contributed by atoms with Crippen molar-refractivity contribution in [3.8, 4) is 0 Å². The molecule has 0 spiro atoms. The summed E-state index contributed by atoms with van der Waals surface area (Å²) in [6.07, 6.45) is 2.93. The maximum Gasteiger partial charge on any atom is 0.186 e. The van der Waals surface area contributed by atoms with E-state index in [-0.39, 0.29) is 5.41 Å². The van der Waals surface area contributed by atoms with Crippen molar-refractivity contribution in [1.29, 1.82) is 0 Å². The number of nitrogens with one attached hydrogen (secondary N) is 2. The van der Waals surface area contributed by atoms with Crippen molar-refractivity contribution in [1.82, 2.24) is 10.7 Å². The minimum atomic E-state index is 0.135. The third-order valence-corrected chi connectivity index (χ3v) is 2.01. The van der Waals surface area contributed by atoms with Crippen LogP contribution in [-0.4, -0.2) is 18.4 Å². The van der Waals surface area contributed by atoms with Crippen molar-refractivity contribution in [3.05, 3.63) is 0 Å². The Morgan fingerprint density at radius 2 is 2.17 bits per heavy atom. The number of thiocarbonyl (C=S) groups is 1. The van der Waals surface area contributed by atoms with Crippen LogP contribution in [0.5, 0.6) is 0 Å². The second-order valence-corrected chi connectivity index (χ2v) is 3.70. The number of hydrogen-bond acceptors (Lipinski definition) is 2. The highest BCUT2D eigenvalue weighted by molar-refractivity contribution is 7.80. The molecule has 0 aliphatic carbocycles. The molecule has 0 aliphatic heterocycles. The average molecular weight is 187 g/mol. The lowest BCUT2D eigenvalue weighted by Gasteiger charge is -2.15. The molecule has 2 N–H and O–H groups in total. The Bertz CT molecular complexity index is 175. The lowest BCUT2D eigenvalue weighted by molar-refractivity contribution is 0.513. The molecule has 0 radical (unpaired) electrons. The van der Waals surface area contributed by atoms with Crippen molar-refractivity contribution in [2.45, 2.75) is 27.2 Å². The van der Waals surface area contributed by atoms with Crippen molar-refractivity contribution < 1.29 is 0 Å². The Morgan fingerprint density at radius 1 is 1.58 bits per heavy atom. The highest BCUT2D eigenvalue weighted by atomic mass is 32.1. The number of rotatable bonds is 3. The Labute approximate surface area is 79.6 Å². The first kappa shape index (κ1) is 11.4. The zero-order chi connectivity index (χ0) is 9.61. The van der Waals surface area contributed by atoms with Gasteiger partial charge in [0.15, 0.2) is 5.11 Å². The summed E-state index contributed by atoms with van der Waals surface area (Å²) in [6, 6.07) is 0. The first-order chi connectivity index (χ1) is 5.52. The first-order valence-corrected chi connectivity index (χ1v) is 4.44. The number of hydrazone groups is 1. The molecule has 0 heterocycles. The van der Waals surface area contributed by atoms with Gasteiger partial charge in [-0.05, 0) is 18.6 Å². The lowest BCUT2D eigenvalue weighted by atomic mass is 9.92. The van der Waals surface area contributed by atoms with E-state index >= 15 is 0 Å². The fourth-order valence-corrected chi connectivity index (χ4v) is 0.466. The SMILES string of the molecule is CCC(C)(C)/C=N/NC(=S)NC. The van der Waals surface area contributed by atoms with Crippen LogP contribution < -0.4 is 10.7 Å². The fraction of sp³-hybridized carbons (Fsp3) is 0.750. The van der Waals surface area contributed by atoms with Crippen molar-refractivity contribution >= 4 is 23.5 Å². The van der Waals surface area contributed by atoms with Crippen LogP contribution in [-0.2, 0) is 0 Å². The molecule has 70 valence electrons. The van der Waals surface area contributed by atoms with Crippen molar-refractivity contribution in [3.63, 3.8) is 0 Å². The van der Waals surface area contributed by atoms with E-state index in [2.05, 4.69) is 36.6 Å². The molecule has 4 heteroatoms. The Balaban J connectivity index is 3.83. The van der Waals surface area contributed by atoms with Crippen LogP contribution in [0.3, 0.4) is 0 Å². The Kier molecular flexibility index (Phi) is 4.81. The van der Waals surface area contributed by atoms with Gasteiger partial charge >= 0.3 is 0 Å². The molecule has 0 aromatic carbocycles.